The molecule has 0 amide bonds. The monoisotopic (exact) mass is 434 g/mol. The van der Waals surface area contributed by atoms with Gasteiger partial charge in [-0.15, -0.1) is 10.2 Å². The lowest BCUT2D eigenvalue weighted by atomic mass is 9.82. The van der Waals surface area contributed by atoms with Crippen molar-refractivity contribution in [1.29, 1.82) is 0 Å². The zero-order valence-corrected chi connectivity index (χ0v) is 18.2. The molecule has 2 aromatic heterocycles. The number of hydrogen-bond acceptors (Lipinski definition) is 7. The Kier molecular flexibility index (Phi) is 5.46. The van der Waals surface area contributed by atoms with Crippen LogP contribution in [0.4, 0.5) is 10.2 Å². The number of alkyl halides is 1. The summed E-state index contributed by atoms with van der Waals surface area (Å²) in [4.78, 5) is 1.91. The highest BCUT2D eigenvalue weighted by Crippen LogP contribution is 2.34. The zero-order valence-electron chi connectivity index (χ0n) is 18.2. The third-order valence-electron chi connectivity index (χ3n) is 6.67. The van der Waals surface area contributed by atoms with Gasteiger partial charge in [-0.1, -0.05) is 12.5 Å². The van der Waals surface area contributed by atoms with Crippen molar-refractivity contribution in [2.24, 2.45) is 0 Å². The Balaban J connectivity index is 1.35. The van der Waals surface area contributed by atoms with Gasteiger partial charge in [0.15, 0.2) is 5.82 Å². The molecule has 2 saturated heterocycles. The Hall–Kier alpha value is -3.13. The Labute approximate surface area is 186 Å². The average Bonchev–Trinajstić information content (AvgIpc) is 2.82. The number of piperidine rings is 2. The van der Waals surface area contributed by atoms with Crippen molar-refractivity contribution in [3.05, 3.63) is 48.2 Å². The SMILES string of the molecule is Cc1ccc(-c2ccc(-c3ccc(N(C)[C@@H]4C[C@H]5CCC[C@H](N5)[C@@H]4F)nn3)c(O)c2)nn1. The van der Waals surface area contributed by atoms with Crippen molar-refractivity contribution in [3.63, 3.8) is 0 Å². The van der Waals surface area contributed by atoms with Gasteiger partial charge in [-0.05, 0) is 62.6 Å². The standard InChI is InChI=1S/C24H27FN6O/c1-14-6-9-18(28-27-14)15-7-8-17(22(32)12-15)19-10-11-23(30-29-19)31(2)21-13-16-4-3-5-20(26-16)24(21)25/h6-12,16,20-21,24,26,32H,3-5,13H2,1-2H3/t16-,20+,21-,24+/m1/s1. The summed E-state index contributed by atoms with van der Waals surface area (Å²) in [5, 5.41) is 30.9. The number of aromatic hydroxyl groups is 1. The van der Waals surface area contributed by atoms with Gasteiger partial charge in [0, 0.05) is 30.3 Å². The molecule has 4 atom stereocenters. The van der Waals surface area contributed by atoms with Crippen LogP contribution in [0.15, 0.2) is 42.5 Å². The summed E-state index contributed by atoms with van der Waals surface area (Å²) in [6, 6.07) is 12.8. The van der Waals surface area contributed by atoms with E-state index >= 15 is 4.39 Å². The van der Waals surface area contributed by atoms with Gasteiger partial charge >= 0.3 is 0 Å². The number of aryl methyl sites for hydroxylation is 1. The number of nitrogens with zero attached hydrogens (tertiary/aromatic N) is 5. The first kappa shape index (κ1) is 20.8. The van der Waals surface area contributed by atoms with Crippen molar-refractivity contribution in [2.75, 3.05) is 11.9 Å². The van der Waals surface area contributed by atoms with E-state index in [1.54, 1.807) is 12.1 Å². The summed E-state index contributed by atoms with van der Waals surface area (Å²) in [5.74, 6) is 0.725. The molecule has 8 heteroatoms. The zero-order chi connectivity index (χ0) is 22.2. The van der Waals surface area contributed by atoms with Crippen LogP contribution >= 0.6 is 0 Å². The van der Waals surface area contributed by atoms with Gasteiger partial charge in [0.05, 0.1) is 23.1 Å². The number of phenolic OH excluding ortho intramolecular Hbond substituents is 1. The smallest absolute Gasteiger partial charge is 0.151 e. The molecule has 7 nitrogen and oxygen atoms in total. The molecule has 4 heterocycles. The molecule has 0 unspecified atom stereocenters. The first-order valence-electron chi connectivity index (χ1n) is 11.1. The second-order valence-corrected chi connectivity index (χ2v) is 8.83. The van der Waals surface area contributed by atoms with Gasteiger partial charge < -0.3 is 15.3 Å². The van der Waals surface area contributed by atoms with Gasteiger partial charge in [-0.3, -0.25) is 0 Å². The van der Waals surface area contributed by atoms with Crippen LogP contribution in [0.25, 0.3) is 22.5 Å². The van der Waals surface area contributed by atoms with Crippen LogP contribution in [0.5, 0.6) is 5.75 Å². The summed E-state index contributed by atoms with van der Waals surface area (Å²) in [6.45, 7) is 1.88. The Morgan fingerprint density at radius 1 is 1.00 bits per heavy atom. The first-order valence-corrected chi connectivity index (χ1v) is 11.1. The van der Waals surface area contributed by atoms with Crippen molar-refractivity contribution < 1.29 is 9.50 Å². The minimum absolute atomic E-state index is 0.0733. The number of benzene rings is 1. The summed E-state index contributed by atoms with van der Waals surface area (Å²) in [6.07, 6.45) is 2.91. The number of fused-ring (bicyclic) bond motifs is 2. The van der Waals surface area contributed by atoms with Crippen LogP contribution in [-0.2, 0) is 0 Å². The molecule has 2 aliphatic rings. The van der Waals surface area contributed by atoms with Crippen LogP contribution < -0.4 is 10.2 Å². The highest BCUT2D eigenvalue weighted by molar-refractivity contribution is 5.73. The number of phenols is 1. The molecule has 2 aliphatic heterocycles. The molecule has 0 saturated carbocycles. The maximum absolute atomic E-state index is 15.1. The molecule has 2 N–H and O–H groups in total. The van der Waals surface area contributed by atoms with E-state index in [0.717, 1.165) is 36.9 Å². The van der Waals surface area contributed by atoms with E-state index in [-0.39, 0.29) is 17.8 Å². The van der Waals surface area contributed by atoms with Crippen LogP contribution in [0.2, 0.25) is 0 Å². The molecular formula is C24H27FN6O. The van der Waals surface area contributed by atoms with E-state index in [1.165, 1.54) is 0 Å². The summed E-state index contributed by atoms with van der Waals surface area (Å²) in [5.41, 5.74) is 3.43. The third kappa shape index (κ3) is 3.90. The highest BCUT2D eigenvalue weighted by atomic mass is 19.1. The van der Waals surface area contributed by atoms with Gasteiger partial charge in [-0.2, -0.15) is 10.2 Å². The largest absolute Gasteiger partial charge is 0.507 e. The summed E-state index contributed by atoms with van der Waals surface area (Å²) < 4.78 is 15.1. The van der Waals surface area contributed by atoms with E-state index in [4.69, 9.17) is 0 Å². The quantitative estimate of drug-likeness (QED) is 0.648. The molecule has 0 spiro atoms. The van der Waals surface area contributed by atoms with Gasteiger partial charge in [0.25, 0.3) is 0 Å². The Morgan fingerprint density at radius 2 is 1.81 bits per heavy atom. The number of nitrogens with one attached hydrogen (secondary N) is 1. The number of aromatic nitrogens is 4. The van der Waals surface area contributed by atoms with E-state index in [0.29, 0.717) is 28.8 Å². The van der Waals surface area contributed by atoms with Crippen molar-refractivity contribution >= 4 is 5.82 Å². The molecule has 2 bridgehead atoms. The minimum Gasteiger partial charge on any atom is -0.507 e. The third-order valence-corrected chi connectivity index (χ3v) is 6.67. The second kappa shape index (κ2) is 8.43. The highest BCUT2D eigenvalue weighted by Gasteiger charge is 2.41. The predicted molar refractivity (Wildman–Crippen MR) is 121 cm³/mol. The molecular weight excluding hydrogens is 407 g/mol. The molecule has 166 valence electrons. The van der Waals surface area contributed by atoms with E-state index in [9.17, 15) is 5.11 Å². The van der Waals surface area contributed by atoms with Crippen LogP contribution in [0.3, 0.4) is 0 Å². The first-order chi connectivity index (χ1) is 15.5. The van der Waals surface area contributed by atoms with E-state index in [2.05, 4.69) is 25.7 Å². The maximum atomic E-state index is 15.1. The van der Waals surface area contributed by atoms with Gasteiger partial charge in [0.1, 0.15) is 11.9 Å². The Morgan fingerprint density at radius 3 is 2.53 bits per heavy atom. The maximum Gasteiger partial charge on any atom is 0.151 e. The number of halogens is 1. The molecule has 5 rings (SSSR count). The fourth-order valence-electron chi connectivity index (χ4n) is 4.84. The van der Waals surface area contributed by atoms with Gasteiger partial charge in [0.2, 0.25) is 0 Å². The molecule has 0 radical (unpaired) electrons. The number of rotatable bonds is 4. The number of anilines is 1. The average molecular weight is 435 g/mol. The van der Waals surface area contributed by atoms with Gasteiger partial charge in [-0.25, -0.2) is 4.39 Å². The lowest BCUT2D eigenvalue weighted by Crippen LogP contribution is -2.61. The summed E-state index contributed by atoms with van der Waals surface area (Å²) >= 11 is 0. The predicted octanol–water partition coefficient (Wildman–Crippen LogP) is 3.67. The van der Waals surface area contributed by atoms with Crippen molar-refractivity contribution in [3.8, 4) is 28.3 Å². The Bertz CT molecular complexity index is 1090. The van der Waals surface area contributed by atoms with Crippen LogP contribution in [0, 0.1) is 6.92 Å². The molecule has 3 aromatic rings. The minimum atomic E-state index is -0.931. The molecule has 0 aliphatic carbocycles. The topological polar surface area (TPSA) is 87.1 Å². The second-order valence-electron chi connectivity index (χ2n) is 8.83. The summed E-state index contributed by atoms with van der Waals surface area (Å²) in [7, 11) is 1.89. The molecule has 2 fully saturated rings. The lowest BCUT2D eigenvalue weighted by Gasteiger charge is -2.46. The fraction of sp³-hybridized carbons (Fsp3) is 0.417. The molecule has 1 aromatic carbocycles. The van der Waals surface area contributed by atoms with E-state index < -0.39 is 6.17 Å². The molecule has 32 heavy (non-hydrogen) atoms. The number of hydrogen-bond donors (Lipinski definition) is 2. The van der Waals surface area contributed by atoms with E-state index in [1.807, 2.05) is 49.2 Å². The normalized spacial score (nSPS) is 24.8. The fourth-order valence-corrected chi connectivity index (χ4v) is 4.84. The van der Waals surface area contributed by atoms with Crippen LogP contribution in [0.1, 0.15) is 31.4 Å². The van der Waals surface area contributed by atoms with Crippen LogP contribution in [-0.4, -0.2) is 56.8 Å². The van der Waals surface area contributed by atoms with Crippen molar-refractivity contribution in [2.45, 2.75) is 56.9 Å². The van der Waals surface area contributed by atoms with Crippen molar-refractivity contribution in [1.82, 2.24) is 25.7 Å². The lowest BCUT2D eigenvalue weighted by molar-refractivity contribution is 0.107.